The van der Waals surface area contributed by atoms with Crippen molar-refractivity contribution in [2.24, 2.45) is 10.9 Å². The van der Waals surface area contributed by atoms with E-state index < -0.39 is 17.7 Å². The number of aromatic hydroxyl groups is 1. The van der Waals surface area contributed by atoms with Gasteiger partial charge in [0.2, 0.25) is 5.91 Å². The molecular formula is C17H12BrN3O3S. The molecule has 2 aromatic rings. The van der Waals surface area contributed by atoms with Gasteiger partial charge in [0.05, 0.1) is 5.69 Å². The van der Waals surface area contributed by atoms with Gasteiger partial charge in [-0.2, -0.15) is 0 Å². The zero-order valence-corrected chi connectivity index (χ0v) is 15.1. The van der Waals surface area contributed by atoms with Crippen LogP contribution in [0.4, 0.5) is 11.4 Å². The summed E-state index contributed by atoms with van der Waals surface area (Å²) in [5.41, 5.74) is 0.811. The van der Waals surface area contributed by atoms with E-state index >= 15 is 0 Å². The number of hydrogen-bond donors (Lipinski definition) is 2. The van der Waals surface area contributed by atoms with E-state index in [2.05, 4.69) is 26.2 Å². The van der Waals surface area contributed by atoms with Gasteiger partial charge >= 0.3 is 0 Å². The average Bonchev–Trinajstić information content (AvgIpc) is 2.57. The number of nitrogens with one attached hydrogen (secondary N) is 1. The first kappa shape index (κ1) is 17.2. The number of anilines is 1. The van der Waals surface area contributed by atoms with Crippen LogP contribution in [0.1, 0.15) is 0 Å². The summed E-state index contributed by atoms with van der Waals surface area (Å²) in [6.07, 6.45) is 1.21. The maximum absolute atomic E-state index is 12.8. The summed E-state index contributed by atoms with van der Waals surface area (Å²) in [5.74, 6) is -2.24. The molecule has 0 aliphatic carbocycles. The fourth-order valence-corrected chi connectivity index (χ4v) is 2.84. The third-order valence-electron chi connectivity index (χ3n) is 3.53. The van der Waals surface area contributed by atoms with Crippen LogP contribution in [-0.4, -0.2) is 28.2 Å². The van der Waals surface area contributed by atoms with Crippen molar-refractivity contribution in [2.75, 3.05) is 4.90 Å². The van der Waals surface area contributed by atoms with Crippen molar-refractivity contribution in [3.63, 3.8) is 0 Å². The number of carbonyl (C=O) groups is 2. The van der Waals surface area contributed by atoms with Gasteiger partial charge in [-0.05, 0) is 48.6 Å². The molecule has 1 saturated heterocycles. The Morgan fingerprint density at radius 3 is 2.52 bits per heavy atom. The Labute approximate surface area is 157 Å². The molecule has 8 heteroatoms. The second-order valence-electron chi connectivity index (χ2n) is 5.19. The van der Waals surface area contributed by atoms with Crippen molar-refractivity contribution < 1.29 is 14.7 Å². The number of amides is 2. The van der Waals surface area contributed by atoms with Crippen LogP contribution in [0.25, 0.3) is 0 Å². The summed E-state index contributed by atoms with van der Waals surface area (Å²) >= 11 is 8.45. The Morgan fingerprint density at radius 1 is 1.16 bits per heavy atom. The number of nitrogens with zero attached hydrogens (tertiary/aromatic N) is 2. The van der Waals surface area contributed by atoms with E-state index in [1.54, 1.807) is 42.5 Å². The maximum atomic E-state index is 12.8. The summed E-state index contributed by atoms with van der Waals surface area (Å²) in [6.45, 7) is 0. The van der Waals surface area contributed by atoms with Gasteiger partial charge in [-0.1, -0.05) is 28.1 Å². The highest BCUT2D eigenvalue weighted by Gasteiger charge is 2.38. The van der Waals surface area contributed by atoms with Crippen molar-refractivity contribution in [2.45, 2.75) is 0 Å². The van der Waals surface area contributed by atoms with Crippen molar-refractivity contribution in [3.05, 3.63) is 53.0 Å². The Morgan fingerprint density at radius 2 is 1.84 bits per heavy atom. The first-order chi connectivity index (χ1) is 12.0. The van der Waals surface area contributed by atoms with Gasteiger partial charge in [0.15, 0.2) is 11.0 Å². The number of para-hydroxylation sites is 2. The van der Waals surface area contributed by atoms with Crippen molar-refractivity contribution in [3.8, 4) is 5.75 Å². The number of hydrogen-bond acceptors (Lipinski definition) is 5. The van der Waals surface area contributed by atoms with E-state index in [9.17, 15) is 14.7 Å². The Balaban J connectivity index is 1.90. The molecule has 6 nitrogen and oxygen atoms in total. The third kappa shape index (κ3) is 3.59. The Hall–Kier alpha value is -2.58. The molecule has 2 amide bonds. The summed E-state index contributed by atoms with van der Waals surface area (Å²) in [6, 6.07) is 13.4. The number of rotatable bonds is 3. The van der Waals surface area contributed by atoms with Crippen molar-refractivity contribution in [1.82, 2.24) is 5.32 Å². The standard InChI is InChI=1S/C17H12BrN3O3S/c18-10-5-7-11(8-6-10)21-16(24)12(15(23)20-17(21)25)9-19-13-3-1-2-4-14(13)22/h1-9,12,22H,(H,20,23,25)/t12-/m1/s1. The zero-order chi connectivity index (χ0) is 18.0. The molecular weight excluding hydrogens is 406 g/mol. The minimum absolute atomic E-state index is 0.0181. The van der Waals surface area contributed by atoms with Crippen molar-refractivity contribution >= 4 is 62.7 Å². The molecule has 25 heavy (non-hydrogen) atoms. The van der Waals surface area contributed by atoms with Crippen molar-refractivity contribution in [1.29, 1.82) is 0 Å². The molecule has 1 aliphatic heterocycles. The van der Waals surface area contributed by atoms with Gasteiger partial charge in [0.1, 0.15) is 11.4 Å². The molecule has 1 aliphatic rings. The molecule has 126 valence electrons. The largest absolute Gasteiger partial charge is 0.506 e. The Bertz CT molecular complexity index is 883. The molecule has 0 bridgehead atoms. The molecule has 0 unspecified atom stereocenters. The quantitative estimate of drug-likeness (QED) is 0.456. The molecule has 2 aromatic carbocycles. The first-order valence-corrected chi connectivity index (χ1v) is 8.44. The summed E-state index contributed by atoms with van der Waals surface area (Å²) in [5, 5.41) is 12.3. The second-order valence-corrected chi connectivity index (χ2v) is 6.49. The topological polar surface area (TPSA) is 82.0 Å². The van der Waals surface area contributed by atoms with Gasteiger partial charge in [-0.15, -0.1) is 0 Å². The highest BCUT2D eigenvalue weighted by Crippen LogP contribution is 2.26. The van der Waals surface area contributed by atoms with E-state index in [-0.39, 0.29) is 16.5 Å². The average molecular weight is 418 g/mol. The number of thiocarbonyl (C=S) groups is 1. The van der Waals surface area contributed by atoms with Crippen LogP contribution in [0.3, 0.4) is 0 Å². The van der Waals surface area contributed by atoms with E-state index in [4.69, 9.17) is 12.2 Å². The fraction of sp³-hybridized carbons (Fsp3) is 0.0588. The van der Waals surface area contributed by atoms with Crippen LogP contribution in [0.15, 0.2) is 58.0 Å². The van der Waals surface area contributed by atoms with Gasteiger partial charge in [-0.25, -0.2) is 0 Å². The lowest BCUT2D eigenvalue weighted by Crippen LogP contribution is -2.58. The van der Waals surface area contributed by atoms with Gasteiger partial charge in [0, 0.05) is 10.7 Å². The van der Waals surface area contributed by atoms with E-state index in [0.717, 1.165) is 4.47 Å². The molecule has 1 heterocycles. The van der Waals surface area contributed by atoms with Crippen LogP contribution in [0.2, 0.25) is 0 Å². The number of aliphatic imine (C=N–C) groups is 1. The van der Waals surface area contributed by atoms with Crippen LogP contribution >= 0.6 is 28.1 Å². The lowest BCUT2D eigenvalue weighted by atomic mass is 10.1. The van der Waals surface area contributed by atoms with Crippen LogP contribution < -0.4 is 10.2 Å². The van der Waals surface area contributed by atoms with Gasteiger partial charge in [-0.3, -0.25) is 19.5 Å². The summed E-state index contributed by atoms with van der Waals surface area (Å²) < 4.78 is 0.855. The predicted octanol–water partition coefficient (Wildman–Crippen LogP) is 2.92. The second kappa shape index (κ2) is 7.12. The highest BCUT2D eigenvalue weighted by atomic mass is 79.9. The number of benzene rings is 2. The molecule has 0 spiro atoms. The van der Waals surface area contributed by atoms with E-state index in [0.29, 0.717) is 5.69 Å². The highest BCUT2D eigenvalue weighted by molar-refractivity contribution is 9.10. The summed E-state index contributed by atoms with van der Waals surface area (Å²) in [4.78, 5) is 30.2. The SMILES string of the molecule is O=C1NC(=S)N(c2ccc(Br)cc2)C(=O)[C@@H]1C=Nc1ccccc1O. The Kier molecular flexibility index (Phi) is 4.91. The fourth-order valence-electron chi connectivity index (χ4n) is 2.28. The van der Waals surface area contributed by atoms with Crippen LogP contribution in [0, 0.1) is 5.92 Å². The summed E-state index contributed by atoms with van der Waals surface area (Å²) in [7, 11) is 0. The van der Waals surface area contributed by atoms with Gasteiger partial charge < -0.3 is 10.4 Å². The van der Waals surface area contributed by atoms with Gasteiger partial charge in [0.25, 0.3) is 5.91 Å². The van der Waals surface area contributed by atoms with Crippen LogP contribution in [0.5, 0.6) is 5.75 Å². The maximum Gasteiger partial charge on any atom is 0.251 e. The normalized spacial score (nSPS) is 17.9. The molecule has 2 N–H and O–H groups in total. The molecule has 0 saturated carbocycles. The molecule has 0 radical (unpaired) electrons. The minimum atomic E-state index is -1.14. The lowest BCUT2D eigenvalue weighted by Gasteiger charge is -2.30. The monoisotopic (exact) mass is 417 g/mol. The smallest absolute Gasteiger partial charge is 0.251 e. The molecule has 1 fully saturated rings. The number of carbonyl (C=O) groups excluding carboxylic acids is 2. The molecule has 1 atom stereocenters. The molecule has 0 aromatic heterocycles. The number of phenols is 1. The van der Waals surface area contributed by atoms with E-state index in [1.807, 2.05) is 0 Å². The number of halogens is 1. The van der Waals surface area contributed by atoms with Crippen LogP contribution in [-0.2, 0) is 9.59 Å². The number of phenolic OH excluding ortho intramolecular Hbond substituents is 1. The predicted molar refractivity (Wildman–Crippen MR) is 102 cm³/mol. The lowest BCUT2D eigenvalue weighted by molar-refractivity contribution is -0.130. The third-order valence-corrected chi connectivity index (χ3v) is 4.34. The minimum Gasteiger partial charge on any atom is -0.506 e. The molecule has 3 rings (SSSR count). The first-order valence-electron chi connectivity index (χ1n) is 7.24. The zero-order valence-electron chi connectivity index (χ0n) is 12.7. The van der Waals surface area contributed by atoms with E-state index in [1.165, 1.54) is 17.2 Å².